The van der Waals surface area contributed by atoms with E-state index in [2.05, 4.69) is 38.1 Å². The van der Waals surface area contributed by atoms with Crippen molar-refractivity contribution in [3.63, 3.8) is 0 Å². The largest absolute Gasteiger partial charge is 0.388 e. The van der Waals surface area contributed by atoms with E-state index in [0.717, 1.165) is 54.2 Å². The highest BCUT2D eigenvalue weighted by Gasteiger charge is 2.32. The summed E-state index contributed by atoms with van der Waals surface area (Å²) in [4.78, 5) is 49.3. The van der Waals surface area contributed by atoms with Crippen LogP contribution in [0.5, 0.6) is 0 Å². The third kappa shape index (κ3) is 6.34. The van der Waals surface area contributed by atoms with Crippen LogP contribution in [-0.2, 0) is 20.8 Å². The van der Waals surface area contributed by atoms with Gasteiger partial charge in [-0.05, 0) is 67.1 Å². The van der Waals surface area contributed by atoms with Gasteiger partial charge in [0.15, 0.2) is 5.82 Å². The molecule has 3 aliphatic rings. The molecule has 2 fully saturated rings. The van der Waals surface area contributed by atoms with Crippen LogP contribution in [0.15, 0.2) is 42.6 Å². The Kier molecular flexibility index (Phi) is 8.81. The number of fused-ring (bicyclic) bond motifs is 1. The monoisotopic (exact) mass is 643 g/mol. The molecule has 1 aromatic heterocycles. The van der Waals surface area contributed by atoms with E-state index in [1.165, 1.54) is 0 Å². The van der Waals surface area contributed by atoms with E-state index in [9.17, 15) is 14.4 Å². The zero-order chi connectivity index (χ0) is 32.5. The zero-order valence-corrected chi connectivity index (χ0v) is 26.9. The van der Waals surface area contributed by atoms with Crippen molar-refractivity contribution in [3.8, 4) is 0 Å². The lowest BCUT2D eigenvalue weighted by molar-refractivity contribution is -0.134. The molecule has 3 atom stereocenters. The maximum Gasteiger partial charge on any atom is 0.235 e. The number of imide groups is 1. The van der Waals surface area contributed by atoms with Gasteiger partial charge in [0, 0.05) is 68.0 Å². The Morgan fingerprint density at radius 3 is 2.70 bits per heavy atom. The summed E-state index contributed by atoms with van der Waals surface area (Å²) in [7, 11) is 3.58. The van der Waals surface area contributed by atoms with Gasteiger partial charge < -0.3 is 31.2 Å². The number of hydrogen-bond acceptors (Lipinski definition) is 10. The van der Waals surface area contributed by atoms with Crippen LogP contribution in [0.1, 0.15) is 43.7 Å². The fourth-order valence-electron chi connectivity index (χ4n) is 6.48. The number of amides is 3. The lowest BCUT2D eigenvalue weighted by atomic mass is 9.88. The highest BCUT2D eigenvalue weighted by Crippen LogP contribution is 2.33. The Labute approximate surface area is 272 Å². The summed E-state index contributed by atoms with van der Waals surface area (Å²) in [5, 5.41) is 21.7. The summed E-state index contributed by atoms with van der Waals surface area (Å²) in [6.45, 7) is 3.74. The van der Waals surface area contributed by atoms with Gasteiger partial charge >= 0.3 is 0 Å². The Balaban J connectivity index is 1.12. The fourth-order valence-corrected chi connectivity index (χ4v) is 6.62. The van der Waals surface area contributed by atoms with Crippen molar-refractivity contribution in [3.05, 3.63) is 58.7 Å². The normalized spacial score (nSPS) is 21.4. The molecule has 2 aromatic carbocycles. The van der Waals surface area contributed by atoms with Gasteiger partial charge in [0.2, 0.25) is 23.7 Å². The second-order valence-corrected chi connectivity index (χ2v) is 12.6. The molecule has 3 amide bonds. The number of nitrogens with zero attached hydrogens (tertiary/aromatic N) is 4. The predicted molar refractivity (Wildman–Crippen MR) is 181 cm³/mol. The van der Waals surface area contributed by atoms with Gasteiger partial charge in [-0.15, -0.1) is 0 Å². The summed E-state index contributed by atoms with van der Waals surface area (Å²) in [6, 6.07) is 11.8. The summed E-state index contributed by atoms with van der Waals surface area (Å²) in [5.74, 6) is 0.0854. The second-order valence-electron chi connectivity index (χ2n) is 12.2. The number of rotatable bonds is 8. The van der Waals surface area contributed by atoms with Crippen LogP contribution >= 0.6 is 11.6 Å². The minimum absolute atomic E-state index is 0.0716. The Morgan fingerprint density at radius 1 is 1.11 bits per heavy atom. The summed E-state index contributed by atoms with van der Waals surface area (Å²) in [6.07, 6.45) is 4.44. The SMILES string of the molecule is CNc1cc(NC2CCCN(c3ncc(Cl)c(Nc4ccc5c(c4)CC(=O)N5C)n3)CC2C)ccc1C(=N)C1CCC(=O)NC1=O. The molecule has 0 saturated carbocycles. The molecule has 46 heavy (non-hydrogen) atoms. The first kappa shape index (κ1) is 31.3. The molecule has 0 spiro atoms. The smallest absolute Gasteiger partial charge is 0.235 e. The third-order valence-corrected chi connectivity index (χ3v) is 9.37. The molecule has 3 aromatic rings. The van der Waals surface area contributed by atoms with E-state index >= 15 is 0 Å². The number of hydrogen-bond donors (Lipinski definition) is 5. The standard InChI is InChI=1S/C33H38ClN9O3/c1-18-17-43(33-37-16-24(34)31(41-33)39-20-7-10-27-19(13-20)14-29(45)42(27)3)12-4-5-25(18)38-21-6-8-22(26(15-21)36-2)30(35)23-9-11-28(44)40-32(23)46/h6-8,10,13,15-16,18,23,25,35-36,38H,4-5,9,11-12,14,17H2,1-3H3,(H,37,39,41)(H,40,44,46). The van der Waals surface area contributed by atoms with Crippen LogP contribution in [0.25, 0.3) is 0 Å². The highest BCUT2D eigenvalue weighted by atomic mass is 35.5. The number of nitrogens with one attached hydrogen (secondary N) is 5. The van der Waals surface area contributed by atoms with Crippen LogP contribution in [0.3, 0.4) is 0 Å². The van der Waals surface area contributed by atoms with E-state index in [1.807, 2.05) is 36.4 Å². The van der Waals surface area contributed by atoms with E-state index in [-0.39, 0.29) is 35.9 Å². The molecule has 13 heteroatoms. The molecular weight excluding hydrogens is 606 g/mol. The number of carbonyl (C=O) groups is 3. The van der Waals surface area contributed by atoms with Crippen LogP contribution in [0, 0.1) is 17.2 Å². The van der Waals surface area contributed by atoms with Gasteiger partial charge in [0.05, 0.1) is 24.2 Å². The zero-order valence-electron chi connectivity index (χ0n) is 26.1. The first-order valence-electron chi connectivity index (χ1n) is 15.6. The van der Waals surface area contributed by atoms with Gasteiger partial charge in [-0.3, -0.25) is 19.7 Å². The molecule has 0 aliphatic carbocycles. The van der Waals surface area contributed by atoms with Crippen molar-refractivity contribution in [2.24, 2.45) is 11.8 Å². The van der Waals surface area contributed by atoms with E-state index in [1.54, 1.807) is 25.2 Å². The van der Waals surface area contributed by atoms with Gasteiger partial charge in [0.25, 0.3) is 0 Å². The van der Waals surface area contributed by atoms with Crippen LogP contribution in [0.4, 0.5) is 34.5 Å². The third-order valence-electron chi connectivity index (χ3n) is 9.09. The molecule has 2 saturated heterocycles. The average Bonchev–Trinajstić information content (AvgIpc) is 3.19. The summed E-state index contributed by atoms with van der Waals surface area (Å²) in [5.41, 5.74) is 5.21. The minimum Gasteiger partial charge on any atom is -0.388 e. The summed E-state index contributed by atoms with van der Waals surface area (Å²) < 4.78 is 0. The number of carbonyl (C=O) groups excluding carboxylic acids is 3. The molecule has 4 heterocycles. The van der Waals surface area contributed by atoms with E-state index in [0.29, 0.717) is 35.2 Å². The Morgan fingerprint density at radius 2 is 1.91 bits per heavy atom. The number of aromatic nitrogens is 2. The van der Waals surface area contributed by atoms with Crippen molar-refractivity contribution in [1.29, 1.82) is 5.41 Å². The minimum atomic E-state index is -0.650. The van der Waals surface area contributed by atoms with Gasteiger partial charge in [-0.2, -0.15) is 4.98 Å². The number of benzene rings is 2. The molecule has 5 N–H and O–H groups in total. The number of halogens is 1. The fraction of sp³-hybridized carbons (Fsp3) is 0.394. The van der Waals surface area contributed by atoms with Crippen LogP contribution in [-0.4, -0.2) is 66.6 Å². The molecule has 0 bridgehead atoms. The first-order valence-corrected chi connectivity index (χ1v) is 15.9. The van der Waals surface area contributed by atoms with Crippen molar-refractivity contribution in [2.45, 2.75) is 45.1 Å². The highest BCUT2D eigenvalue weighted by molar-refractivity contribution is 6.33. The Hall–Kier alpha value is -4.71. The quantitative estimate of drug-likeness (QED) is 0.175. The summed E-state index contributed by atoms with van der Waals surface area (Å²) >= 11 is 6.51. The number of anilines is 6. The van der Waals surface area contributed by atoms with E-state index in [4.69, 9.17) is 22.0 Å². The number of piperidine rings is 1. The number of likely N-dealkylation sites (N-methyl/N-ethyl adjacent to an activating group) is 1. The van der Waals surface area contributed by atoms with Crippen molar-refractivity contribution in [2.75, 3.05) is 52.9 Å². The van der Waals surface area contributed by atoms with Crippen LogP contribution in [0.2, 0.25) is 5.02 Å². The van der Waals surface area contributed by atoms with Gasteiger partial charge in [0.1, 0.15) is 5.02 Å². The molecule has 12 nitrogen and oxygen atoms in total. The van der Waals surface area contributed by atoms with Crippen LogP contribution < -0.4 is 31.1 Å². The van der Waals surface area contributed by atoms with E-state index < -0.39 is 11.8 Å². The lowest BCUT2D eigenvalue weighted by Crippen LogP contribution is -2.44. The van der Waals surface area contributed by atoms with Gasteiger partial charge in [-0.1, -0.05) is 18.5 Å². The first-order chi connectivity index (χ1) is 22.1. The molecule has 3 aliphatic heterocycles. The van der Waals surface area contributed by atoms with Crippen molar-refractivity contribution in [1.82, 2.24) is 15.3 Å². The topological polar surface area (TPSA) is 155 Å². The average molecular weight is 644 g/mol. The lowest BCUT2D eigenvalue weighted by Gasteiger charge is -2.28. The molecule has 6 rings (SSSR count). The van der Waals surface area contributed by atoms with Gasteiger partial charge in [-0.25, -0.2) is 4.98 Å². The predicted octanol–water partition coefficient (Wildman–Crippen LogP) is 4.57. The van der Waals surface area contributed by atoms with Crippen molar-refractivity contribution < 1.29 is 14.4 Å². The molecular formula is C33H38ClN9O3. The molecule has 0 radical (unpaired) electrons. The second kappa shape index (κ2) is 13.0. The maximum absolute atomic E-state index is 12.4. The maximum atomic E-state index is 12.4. The Bertz CT molecular complexity index is 1710. The molecule has 240 valence electrons. The van der Waals surface area contributed by atoms with Crippen molar-refractivity contribution >= 4 is 69.5 Å². The molecule has 3 unspecified atom stereocenters.